The fourth-order valence-electron chi connectivity index (χ4n) is 10.5. The molecule has 2 saturated heterocycles. The first-order valence-corrected chi connectivity index (χ1v) is 20.7. The van der Waals surface area contributed by atoms with Gasteiger partial charge in [-0.25, -0.2) is 4.21 Å². The number of nitrogens with zero attached hydrogens (tertiary/aromatic N) is 3. The van der Waals surface area contributed by atoms with E-state index in [2.05, 4.69) is 45.5 Å². The van der Waals surface area contributed by atoms with Crippen LogP contribution in [0.2, 0.25) is 5.02 Å². The number of amides is 1. The van der Waals surface area contributed by atoms with Crippen LogP contribution < -0.4 is 14.4 Å². The van der Waals surface area contributed by atoms with Gasteiger partial charge >= 0.3 is 0 Å². The number of ether oxygens (including phenoxy) is 1. The summed E-state index contributed by atoms with van der Waals surface area (Å²) in [5.41, 5.74) is 4.53. The first-order valence-electron chi connectivity index (χ1n) is 19.1. The Hall–Kier alpha value is -2.13. The van der Waals surface area contributed by atoms with Crippen molar-refractivity contribution < 1.29 is 13.7 Å². The molecule has 7 nitrogen and oxygen atoms in total. The highest BCUT2D eigenvalue weighted by atomic mass is 35.5. The average Bonchev–Trinajstić information content (AvgIpc) is 3.37. The van der Waals surface area contributed by atoms with Gasteiger partial charge < -0.3 is 9.64 Å². The number of likely N-dealkylation sites (N-methyl/N-ethyl adjacent to an activating group) is 1. The second-order valence-electron chi connectivity index (χ2n) is 16.8. The van der Waals surface area contributed by atoms with Crippen LogP contribution in [-0.4, -0.2) is 83.6 Å². The van der Waals surface area contributed by atoms with E-state index in [1.54, 1.807) is 0 Å². The van der Waals surface area contributed by atoms with Gasteiger partial charge in [-0.1, -0.05) is 31.0 Å². The largest absolute Gasteiger partial charge is 0.490 e. The molecule has 8 rings (SSSR count). The van der Waals surface area contributed by atoms with Gasteiger partial charge in [-0.3, -0.25) is 19.3 Å². The monoisotopic (exact) mass is 706 g/mol. The summed E-state index contributed by atoms with van der Waals surface area (Å²) in [6.07, 6.45) is 11.9. The quantitative estimate of drug-likeness (QED) is 0.369. The molecule has 7 atom stereocenters. The van der Waals surface area contributed by atoms with Gasteiger partial charge in [0, 0.05) is 54.3 Å². The molecule has 3 fully saturated rings. The molecule has 5 unspecified atom stereocenters. The number of halogens is 1. The Kier molecular flexibility index (Phi) is 9.33. The Morgan fingerprint density at radius 1 is 1.00 bits per heavy atom. The molecule has 1 saturated carbocycles. The molecule has 49 heavy (non-hydrogen) atoms. The zero-order valence-electron chi connectivity index (χ0n) is 29.7. The van der Waals surface area contributed by atoms with Crippen molar-refractivity contribution in [2.75, 3.05) is 57.8 Å². The topological polar surface area (TPSA) is 65.1 Å². The summed E-state index contributed by atoms with van der Waals surface area (Å²) in [7, 11) is 0.870. The first-order chi connectivity index (χ1) is 23.6. The van der Waals surface area contributed by atoms with E-state index in [1.165, 1.54) is 69.4 Å². The highest BCUT2D eigenvalue weighted by Gasteiger charge is 2.50. The zero-order chi connectivity index (χ0) is 33.9. The van der Waals surface area contributed by atoms with Crippen molar-refractivity contribution in [2.24, 2.45) is 23.7 Å². The SMILES string of the molecule is CC1CCC[C@@H](CN2CC3(CCCN3C)C2)C2CCC2CN2C[C@@]3(CCCc4cc(Cl)ccc43)COc3ccc(cc32)C(=O)NS(=O)C1C. The number of carbonyl (C=O) groups is 1. The van der Waals surface area contributed by atoms with Crippen LogP contribution in [0, 0.1) is 23.7 Å². The van der Waals surface area contributed by atoms with Gasteiger partial charge in [0.1, 0.15) is 16.7 Å². The standard InChI is InChI=1S/C40H55ClN4O3S/c1-27-7-4-8-31(21-44-24-40(25-44)17-6-18-43(40)3)34-13-10-32(34)22-45-23-39(16-5-9-29-19-33(41)12-14-35(29)39)26-48-37-15-11-30(20-36(37)45)38(46)42-49(47)28(27)2/h11-12,14-15,19-20,27-28,31-32,34H,4-10,13,16-18,21-26H2,1-3H3,(H,42,46)/t27?,28?,31-,32?,34?,39-,49?/m0/s1. The summed E-state index contributed by atoms with van der Waals surface area (Å²) in [6.45, 7) is 11.5. The Labute approximate surface area is 301 Å². The van der Waals surface area contributed by atoms with E-state index in [0.29, 0.717) is 35.5 Å². The van der Waals surface area contributed by atoms with Crippen molar-refractivity contribution in [3.63, 3.8) is 0 Å². The third kappa shape index (κ3) is 6.35. The third-order valence-electron chi connectivity index (χ3n) is 13.9. The average molecular weight is 707 g/mol. The summed E-state index contributed by atoms with van der Waals surface area (Å²) in [5, 5.41) is 0.687. The molecule has 4 heterocycles. The number of hydrogen-bond donors (Lipinski definition) is 1. The summed E-state index contributed by atoms with van der Waals surface area (Å²) in [4.78, 5) is 21.5. The first kappa shape index (κ1) is 34.0. The van der Waals surface area contributed by atoms with Crippen molar-refractivity contribution in [3.8, 4) is 5.75 Å². The minimum atomic E-state index is -1.46. The molecule has 2 aromatic rings. The van der Waals surface area contributed by atoms with Gasteiger partial charge in [0.05, 0.1) is 17.5 Å². The number of likely N-dealkylation sites (tertiary alicyclic amines) is 2. The van der Waals surface area contributed by atoms with Crippen molar-refractivity contribution in [1.29, 1.82) is 0 Å². The number of carbonyl (C=O) groups excluding carboxylic acids is 1. The van der Waals surface area contributed by atoms with Gasteiger partial charge in [-0.05, 0) is 143 Å². The predicted molar refractivity (Wildman–Crippen MR) is 199 cm³/mol. The van der Waals surface area contributed by atoms with E-state index in [1.807, 2.05) is 31.2 Å². The molecule has 266 valence electrons. The zero-order valence-corrected chi connectivity index (χ0v) is 31.3. The van der Waals surface area contributed by atoms with Crippen LogP contribution in [0.25, 0.3) is 0 Å². The molecule has 9 heteroatoms. The lowest BCUT2D eigenvalue weighted by Crippen LogP contribution is -2.67. The fraction of sp³-hybridized carbons (Fsp3) is 0.675. The van der Waals surface area contributed by atoms with Crippen molar-refractivity contribution in [2.45, 2.75) is 94.3 Å². The number of benzene rings is 2. The molecule has 2 aromatic carbocycles. The second kappa shape index (κ2) is 13.4. The van der Waals surface area contributed by atoms with E-state index in [9.17, 15) is 9.00 Å². The second-order valence-corrected chi connectivity index (χ2v) is 18.8. The summed E-state index contributed by atoms with van der Waals surface area (Å²) in [5.74, 6) is 2.82. The van der Waals surface area contributed by atoms with Crippen LogP contribution in [0.5, 0.6) is 5.75 Å². The van der Waals surface area contributed by atoms with Crippen molar-refractivity contribution in [3.05, 3.63) is 58.1 Å². The third-order valence-corrected chi connectivity index (χ3v) is 15.6. The molecule has 2 spiro atoms. The number of rotatable bonds is 2. The Morgan fingerprint density at radius 2 is 1.86 bits per heavy atom. The van der Waals surface area contributed by atoms with Crippen LogP contribution in [0.3, 0.4) is 0 Å². The van der Waals surface area contributed by atoms with Crippen LogP contribution in [-0.2, 0) is 22.8 Å². The minimum Gasteiger partial charge on any atom is -0.490 e. The van der Waals surface area contributed by atoms with E-state index in [0.717, 1.165) is 61.7 Å². The lowest BCUT2D eigenvalue weighted by Gasteiger charge is -2.54. The molecule has 2 bridgehead atoms. The number of anilines is 1. The van der Waals surface area contributed by atoms with Gasteiger partial charge in [0.15, 0.2) is 0 Å². The van der Waals surface area contributed by atoms with Crippen LogP contribution in [0.1, 0.15) is 93.1 Å². The van der Waals surface area contributed by atoms with E-state index in [-0.39, 0.29) is 22.5 Å². The van der Waals surface area contributed by atoms with E-state index in [4.69, 9.17) is 16.3 Å². The van der Waals surface area contributed by atoms with E-state index < -0.39 is 11.0 Å². The Balaban J connectivity index is 1.12. The van der Waals surface area contributed by atoms with Crippen molar-refractivity contribution in [1.82, 2.24) is 14.5 Å². The molecular formula is C40H55ClN4O3S. The molecule has 1 N–H and O–H groups in total. The molecule has 0 radical (unpaired) electrons. The highest BCUT2D eigenvalue weighted by molar-refractivity contribution is 7.84. The van der Waals surface area contributed by atoms with E-state index >= 15 is 0 Å². The van der Waals surface area contributed by atoms with Crippen molar-refractivity contribution >= 4 is 34.2 Å². The number of hydrogen-bond acceptors (Lipinski definition) is 6. The fourth-order valence-corrected chi connectivity index (χ4v) is 11.8. The number of fused-ring (bicyclic) bond motifs is 4. The molecule has 2 aliphatic carbocycles. The van der Waals surface area contributed by atoms with Crippen LogP contribution in [0.15, 0.2) is 36.4 Å². The smallest absolute Gasteiger partial charge is 0.263 e. The normalized spacial score (nSPS) is 35.0. The van der Waals surface area contributed by atoms with Gasteiger partial charge in [-0.15, -0.1) is 0 Å². The summed E-state index contributed by atoms with van der Waals surface area (Å²) in [6, 6.07) is 12.3. The lowest BCUT2D eigenvalue weighted by atomic mass is 9.64. The number of nitrogens with one attached hydrogen (secondary N) is 1. The minimum absolute atomic E-state index is 0.111. The maximum absolute atomic E-state index is 13.6. The number of aryl methyl sites for hydroxylation is 1. The van der Waals surface area contributed by atoms with Gasteiger partial charge in [-0.2, -0.15) is 0 Å². The highest BCUT2D eigenvalue weighted by Crippen LogP contribution is 2.49. The van der Waals surface area contributed by atoms with Gasteiger partial charge in [0.2, 0.25) is 0 Å². The maximum atomic E-state index is 13.6. The van der Waals surface area contributed by atoms with Crippen LogP contribution in [0.4, 0.5) is 5.69 Å². The molecule has 4 aliphatic heterocycles. The van der Waals surface area contributed by atoms with Gasteiger partial charge in [0.25, 0.3) is 5.91 Å². The summed E-state index contributed by atoms with van der Waals surface area (Å²) < 4.78 is 23.1. The molecule has 6 aliphatic rings. The predicted octanol–water partition coefficient (Wildman–Crippen LogP) is 6.84. The maximum Gasteiger partial charge on any atom is 0.263 e. The summed E-state index contributed by atoms with van der Waals surface area (Å²) >= 11 is 6.50. The van der Waals surface area contributed by atoms with Crippen LogP contribution >= 0.6 is 11.6 Å². The Morgan fingerprint density at radius 3 is 2.63 bits per heavy atom. The molecular weight excluding hydrogens is 652 g/mol. The Bertz CT molecular complexity index is 1600. The lowest BCUT2D eigenvalue weighted by molar-refractivity contribution is -0.0413. The molecule has 0 aromatic heterocycles. The molecule has 1 amide bonds.